The molecule has 0 aliphatic heterocycles. The Morgan fingerprint density at radius 2 is 2.38 bits per heavy atom. The van der Waals surface area contributed by atoms with Crippen molar-refractivity contribution in [2.75, 3.05) is 11.9 Å². The molecule has 4 nitrogen and oxygen atoms in total. The lowest BCUT2D eigenvalue weighted by atomic mass is 10.2. The Morgan fingerprint density at radius 1 is 1.69 bits per heavy atom. The van der Waals surface area contributed by atoms with Gasteiger partial charge in [0.25, 0.3) is 0 Å². The maximum atomic E-state index is 5.64. The molecule has 1 rings (SSSR count). The molecule has 1 heterocycles. The van der Waals surface area contributed by atoms with E-state index < -0.39 is 0 Å². The Bertz CT molecular complexity index is 265. The van der Waals surface area contributed by atoms with E-state index >= 15 is 0 Å². The van der Waals surface area contributed by atoms with Crippen LogP contribution < -0.4 is 11.1 Å². The minimum atomic E-state index is 0.252. The van der Waals surface area contributed by atoms with Gasteiger partial charge in [0.1, 0.15) is 5.82 Å². The van der Waals surface area contributed by atoms with Crippen LogP contribution in [-0.2, 0) is 7.05 Å². The Labute approximate surface area is 79.1 Å². The summed E-state index contributed by atoms with van der Waals surface area (Å²) in [6.07, 6.45) is 0.976. The zero-order valence-electron chi connectivity index (χ0n) is 8.54. The number of hydrogen-bond acceptors (Lipinski definition) is 3. The van der Waals surface area contributed by atoms with E-state index in [1.54, 1.807) is 0 Å². The maximum Gasteiger partial charge on any atom is 0.124 e. The molecule has 0 aliphatic rings. The molecular formula is C9H18N4. The Hall–Kier alpha value is -1.03. The van der Waals surface area contributed by atoms with Crippen LogP contribution in [0.25, 0.3) is 0 Å². The fourth-order valence-corrected chi connectivity index (χ4v) is 1.20. The van der Waals surface area contributed by atoms with Crippen molar-refractivity contribution in [2.45, 2.75) is 26.3 Å². The predicted octanol–water partition coefficient (Wildman–Crippen LogP) is 0.878. The van der Waals surface area contributed by atoms with Crippen LogP contribution >= 0.6 is 0 Å². The van der Waals surface area contributed by atoms with Gasteiger partial charge in [0.15, 0.2) is 0 Å². The molecule has 1 aromatic heterocycles. The fourth-order valence-electron chi connectivity index (χ4n) is 1.20. The quantitative estimate of drug-likeness (QED) is 0.726. The van der Waals surface area contributed by atoms with Crippen LogP contribution in [0.1, 0.15) is 19.0 Å². The average molecular weight is 182 g/mol. The van der Waals surface area contributed by atoms with Gasteiger partial charge in [-0.15, -0.1) is 0 Å². The van der Waals surface area contributed by atoms with Gasteiger partial charge < -0.3 is 11.1 Å². The minimum Gasteiger partial charge on any atom is -0.370 e. The van der Waals surface area contributed by atoms with Gasteiger partial charge in [0.05, 0.1) is 5.69 Å². The summed E-state index contributed by atoms with van der Waals surface area (Å²) in [6.45, 7) is 4.89. The molecule has 0 saturated heterocycles. The van der Waals surface area contributed by atoms with E-state index in [2.05, 4.69) is 10.4 Å². The molecule has 1 unspecified atom stereocenters. The van der Waals surface area contributed by atoms with Crippen LogP contribution in [0, 0.1) is 6.92 Å². The normalized spacial score (nSPS) is 12.9. The van der Waals surface area contributed by atoms with Gasteiger partial charge in [0, 0.05) is 25.7 Å². The first-order valence-electron chi connectivity index (χ1n) is 4.59. The summed E-state index contributed by atoms with van der Waals surface area (Å²) in [7, 11) is 1.93. The molecule has 0 bridgehead atoms. The van der Waals surface area contributed by atoms with Crippen molar-refractivity contribution in [3.63, 3.8) is 0 Å². The summed E-state index contributed by atoms with van der Waals surface area (Å²) >= 11 is 0. The standard InChI is InChI=1S/C9H18N4/c1-7(10)4-5-11-9-6-8(2)12-13(9)3/h6-7,11H,4-5,10H2,1-3H3. The first-order valence-corrected chi connectivity index (χ1v) is 4.59. The Balaban J connectivity index is 2.40. The topological polar surface area (TPSA) is 55.9 Å². The third kappa shape index (κ3) is 3.06. The van der Waals surface area contributed by atoms with Crippen molar-refractivity contribution < 1.29 is 0 Å². The molecule has 74 valence electrons. The van der Waals surface area contributed by atoms with Crippen LogP contribution in [0.15, 0.2) is 6.07 Å². The monoisotopic (exact) mass is 182 g/mol. The minimum absolute atomic E-state index is 0.252. The Kier molecular flexibility index (Phi) is 3.31. The Morgan fingerprint density at radius 3 is 2.85 bits per heavy atom. The lowest BCUT2D eigenvalue weighted by Gasteiger charge is -2.07. The molecule has 0 saturated carbocycles. The molecule has 13 heavy (non-hydrogen) atoms. The highest BCUT2D eigenvalue weighted by atomic mass is 15.3. The summed E-state index contributed by atoms with van der Waals surface area (Å²) in [5, 5.41) is 7.52. The number of aryl methyl sites for hydroxylation is 2. The molecule has 0 aromatic carbocycles. The second-order valence-corrected chi connectivity index (χ2v) is 3.49. The number of aromatic nitrogens is 2. The molecule has 3 N–H and O–H groups in total. The van der Waals surface area contributed by atoms with Gasteiger partial charge in [-0.25, -0.2) is 0 Å². The molecule has 0 radical (unpaired) electrons. The summed E-state index contributed by atoms with van der Waals surface area (Å²) < 4.78 is 1.84. The highest BCUT2D eigenvalue weighted by molar-refractivity contribution is 5.36. The van der Waals surface area contributed by atoms with Gasteiger partial charge in [0.2, 0.25) is 0 Å². The van der Waals surface area contributed by atoms with Gasteiger partial charge in [-0.3, -0.25) is 4.68 Å². The van der Waals surface area contributed by atoms with Crippen LogP contribution in [-0.4, -0.2) is 22.4 Å². The predicted molar refractivity (Wildman–Crippen MR) is 54.7 cm³/mol. The largest absolute Gasteiger partial charge is 0.370 e. The summed E-state index contributed by atoms with van der Waals surface area (Å²) in [5.74, 6) is 1.05. The van der Waals surface area contributed by atoms with Gasteiger partial charge in [-0.05, 0) is 20.3 Å². The molecule has 0 amide bonds. The van der Waals surface area contributed by atoms with Crippen molar-refractivity contribution >= 4 is 5.82 Å². The number of hydrogen-bond donors (Lipinski definition) is 2. The van der Waals surface area contributed by atoms with Crippen molar-refractivity contribution in [2.24, 2.45) is 12.8 Å². The van der Waals surface area contributed by atoms with Crippen molar-refractivity contribution in [3.05, 3.63) is 11.8 Å². The van der Waals surface area contributed by atoms with E-state index in [1.165, 1.54) is 0 Å². The molecule has 0 spiro atoms. The van der Waals surface area contributed by atoms with E-state index in [9.17, 15) is 0 Å². The number of nitrogens with zero attached hydrogens (tertiary/aromatic N) is 2. The first-order chi connectivity index (χ1) is 6.09. The molecule has 1 atom stereocenters. The van der Waals surface area contributed by atoms with Gasteiger partial charge in [-0.2, -0.15) is 5.10 Å². The lowest BCUT2D eigenvalue weighted by molar-refractivity contribution is 0.682. The number of nitrogens with one attached hydrogen (secondary N) is 1. The van der Waals surface area contributed by atoms with E-state index in [-0.39, 0.29) is 6.04 Å². The van der Waals surface area contributed by atoms with E-state index in [0.29, 0.717) is 0 Å². The average Bonchev–Trinajstić information content (AvgIpc) is 2.29. The van der Waals surface area contributed by atoms with Gasteiger partial charge in [-0.1, -0.05) is 0 Å². The van der Waals surface area contributed by atoms with Gasteiger partial charge >= 0.3 is 0 Å². The van der Waals surface area contributed by atoms with Crippen LogP contribution in [0.3, 0.4) is 0 Å². The van der Waals surface area contributed by atoms with E-state index in [0.717, 1.165) is 24.5 Å². The molecule has 0 fully saturated rings. The summed E-state index contributed by atoms with van der Waals surface area (Å²) in [4.78, 5) is 0. The van der Waals surface area contributed by atoms with Crippen LogP contribution in [0.5, 0.6) is 0 Å². The number of nitrogens with two attached hydrogens (primary N) is 1. The zero-order valence-corrected chi connectivity index (χ0v) is 8.54. The molecule has 1 aromatic rings. The zero-order chi connectivity index (χ0) is 9.84. The maximum absolute atomic E-state index is 5.64. The second-order valence-electron chi connectivity index (χ2n) is 3.49. The molecule has 4 heteroatoms. The molecular weight excluding hydrogens is 164 g/mol. The fraction of sp³-hybridized carbons (Fsp3) is 0.667. The summed E-state index contributed by atoms with van der Waals surface area (Å²) in [6, 6.07) is 2.28. The number of anilines is 1. The lowest BCUT2D eigenvalue weighted by Crippen LogP contribution is -2.19. The highest BCUT2D eigenvalue weighted by Gasteiger charge is 2.00. The first kappa shape index (κ1) is 10.1. The van der Waals surface area contributed by atoms with Crippen molar-refractivity contribution in [1.29, 1.82) is 0 Å². The SMILES string of the molecule is Cc1cc(NCCC(C)N)n(C)n1. The third-order valence-electron chi connectivity index (χ3n) is 1.91. The van der Waals surface area contributed by atoms with Crippen molar-refractivity contribution in [3.8, 4) is 0 Å². The smallest absolute Gasteiger partial charge is 0.124 e. The van der Waals surface area contributed by atoms with Crippen molar-refractivity contribution in [1.82, 2.24) is 9.78 Å². The van der Waals surface area contributed by atoms with Crippen LogP contribution in [0.2, 0.25) is 0 Å². The van der Waals surface area contributed by atoms with E-state index in [4.69, 9.17) is 5.73 Å². The molecule has 0 aliphatic carbocycles. The van der Waals surface area contributed by atoms with E-state index in [1.807, 2.05) is 31.6 Å². The summed E-state index contributed by atoms with van der Waals surface area (Å²) in [5.41, 5.74) is 6.67. The highest BCUT2D eigenvalue weighted by Crippen LogP contribution is 2.07. The van der Waals surface area contributed by atoms with Crippen LogP contribution in [0.4, 0.5) is 5.82 Å². The second kappa shape index (κ2) is 4.28. The number of rotatable bonds is 4. The third-order valence-corrected chi connectivity index (χ3v) is 1.91.